The molecule has 1 rings (SSSR count). The van der Waals surface area contributed by atoms with Gasteiger partial charge in [0.1, 0.15) is 6.42 Å². The van der Waals surface area contributed by atoms with Crippen LogP contribution in [0.4, 0.5) is 22.0 Å². The fourth-order valence-corrected chi connectivity index (χ4v) is 2.02. The first-order valence-corrected chi connectivity index (χ1v) is 6.91. The van der Waals surface area contributed by atoms with Crippen molar-refractivity contribution in [3.63, 3.8) is 0 Å². The molecule has 130 valence electrons. The maximum absolute atomic E-state index is 12.8. The third kappa shape index (κ3) is 7.35. The Morgan fingerprint density at radius 3 is 2.23 bits per heavy atom. The number of piperidine rings is 1. The topological polar surface area (TPSA) is 38.8 Å². The van der Waals surface area contributed by atoms with Crippen LogP contribution in [-0.2, 0) is 14.3 Å². The Bertz CT molecular complexity index is 362. The Hall–Kier alpha value is -0.960. The maximum atomic E-state index is 12.8. The van der Waals surface area contributed by atoms with Crippen molar-refractivity contribution in [3.05, 3.63) is 0 Å². The molecular weight excluding hydrogens is 313 g/mol. The summed E-state index contributed by atoms with van der Waals surface area (Å²) in [6.45, 7) is 0.956. The zero-order chi connectivity index (χ0) is 17.0. The number of carbonyl (C=O) groups is 1. The molecule has 1 heterocycles. The highest BCUT2D eigenvalue weighted by Gasteiger charge is 2.44. The van der Waals surface area contributed by atoms with Crippen molar-refractivity contribution < 1.29 is 36.2 Å². The summed E-state index contributed by atoms with van der Waals surface area (Å²) in [4.78, 5) is 13.2. The molecule has 0 spiro atoms. The minimum absolute atomic E-state index is 0.354. The van der Waals surface area contributed by atoms with E-state index < -0.39 is 37.2 Å². The highest BCUT2D eigenvalue weighted by atomic mass is 19.4. The average molecular weight is 333 g/mol. The quantitative estimate of drug-likeness (QED) is 0.553. The number of halogens is 5. The van der Waals surface area contributed by atoms with Gasteiger partial charge in [-0.05, 0) is 26.8 Å². The van der Waals surface area contributed by atoms with Gasteiger partial charge in [0.15, 0.2) is 0 Å². The van der Waals surface area contributed by atoms with Gasteiger partial charge in [0.05, 0.1) is 12.7 Å². The molecule has 1 saturated heterocycles. The van der Waals surface area contributed by atoms with E-state index in [-0.39, 0.29) is 6.10 Å². The van der Waals surface area contributed by atoms with Gasteiger partial charge in [-0.3, -0.25) is 4.79 Å². The van der Waals surface area contributed by atoms with Gasteiger partial charge in [0.25, 0.3) is 5.92 Å². The Balaban J connectivity index is 2.49. The zero-order valence-corrected chi connectivity index (χ0v) is 12.5. The SMILES string of the molecule is CN1CCC(OCC(OC(=O)CC(C)(F)F)C(F)(F)F)CC1. The molecule has 0 aromatic rings. The van der Waals surface area contributed by atoms with Crippen molar-refractivity contribution in [1.82, 2.24) is 4.90 Å². The monoisotopic (exact) mass is 333 g/mol. The van der Waals surface area contributed by atoms with Crippen LogP contribution in [0, 0.1) is 0 Å². The molecule has 1 atom stereocenters. The third-order valence-electron chi connectivity index (χ3n) is 3.24. The highest BCUT2D eigenvalue weighted by molar-refractivity contribution is 5.70. The van der Waals surface area contributed by atoms with E-state index in [9.17, 15) is 26.7 Å². The van der Waals surface area contributed by atoms with Gasteiger partial charge in [-0.25, -0.2) is 8.78 Å². The lowest BCUT2D eigenvalue weighted by Crippen LogP contribution is -2.41. The van der Waals surface area contributed by atoms with Crippen molar-refractivity contribution in [1.29, 1.82) is 0 Å². The van der Waals surface area contributed by atoms with Crippen LogP contribution in [0.15, 0.2) is 0 Å². The normalized spacial score (nSPS) is 20.0. The molecule has 0 bridgehead atoms. The summed E-state index contributed by atoms with van der Waals surface area (Å²) >= 11 is 0. The predicted molar refractivity (Wildman–Crippen MR) is 67.6 cm³/mol. The zero-order valence-electron chi connectivity index (χ0n) is 12.5. The van der Waals surface area contributed by atoms with Crippen LogP contribution in [0.2, 0.25) is 0 Å². The van der Waals surface area contributed by atoms with Crippen LogP contribution < -0.4 is 0 Å². The summed E-state index contributed by atoms with van der Waals surface area (Å²) in [5.74, 6) is -5.01. The Kier molecular flexibility index (Phi) is 6.54. The van der Waals surface area contributed by atoms with Gasteiger partial charge in [-0.15, -0.1) is 0 Å². The lowest BCUT2D eigenvalue weighted by atomic mass is 10.1. The van der Waals surface area contributed by atoms with E-state index in [1.165, 1.54) is 0 Å². The summed E-state index contributed by atoms with van der Waals surface area (Å²) in [7, 11) is 1.89. The molecule has 1 aliphatic heterocycles. The van der Waals surface area contributed by atoms with Gasteiger partial charge in [-0.2, -0.15) is 13.2 Å². The number of ether oxygens (including phenoxy) is 2. The van der Waals surface area contributed by atoms with Crippen LogP contribution in [0.3, 0.4) is 0 Å². The summed E-state index contributed by atoms with van der Waals surface area (Å²) in [5, 5.41) is 0. The van der Waals surface area contributed by atoms with Crippen molar-refractivity contribution in [2.75, 3.05) is 26.7 Å². The number of hydrogen-bond donors (Lipinski definition) is 0. The fraction of sp³-hybridized carbons (Fsp3) is 0.923. The van der Waals surface area contributed by atoms with Crippen molar-refractivity contribution in [3.8, 4) is 0 Å². The van der Waals surface area contributed by atoms with Crippen molar-refractivity contribution in [2.45, 2.75) is 50.5 Å². The number of alkyl halides is 5. The molecule has 0 aliphatic carbocycles. The maximum Gasteiger partial charge on any atom is 0.427 e. The average Bonchev–Trinajstić information content (AvgIpc) is 2.32. The number of nitrogens with zero attached hydrogens (tertiary/aromatic N) is 1. The second-order valence-corrected chi connectivity index (χ2v) is 5.60. The molecule has 0 radical (unpaired) electrons. The fourth-order valence-electron chi connectivity index (χ4n) is 2.02. The van der Waals surface area contributed by atoms with Gasteiger partial charge >= 0.3 is 12.1 Å². The molecule has 1 fully saturated rings. The van der Waals surface area contributed by atoms with Gasteiger partial charge in [0, 0.05) is 13.1 Å². The van der Waals surface area contributed by atoms with Crippen molar-refractivity contribution in [2.24, 2.45) is 0 Å². The Morgan fingerprint density at radius 1 is 1.23 bits per heavy atom. The van der Waals surface area contributed by atoms with Gasteiger partial charge in [-0.1, -0.05) is 0 Å². The second-order valence-electron chi connectivity index (χ2n) is 5.60. The smallest absolute Gasteiger partial charge is 0.427 e. The predicted octanol–water partition coefficient (Wildman–Crippen LogP) is 2.62. The third-order valence-corrected chi connectivity index (χ3v) is 3.24. The van der Waals surface area contributed by atoms with Gasteiger partial charge in [0.2, 0.25) is 6.10 Å². The molecule has 0 amide bonds. The molecule has 1 unspecified atom stereocenters. The molecule has 0 N–H and O–H groups in total. The molecule has 4 nitrogen and oxygen atoms in total. The number of carbonyl (C=O) groups excluding carboxylic acids is 1. The standard InChI is InChI=1S/C13H20F5NO3/c1-12(14,15)7-11(20)22-10(13(16,17)18)8-21-9-3-5-19(2)6-4-9/h9-10H,3-8H2,1-2H3. The molecule has 22 heavy (non-hydrogen) atoms. The van der Waals surface area contributed by atoms with Crippen LogP contribution in [-0.4, -0.2) is 61.9 Å². The molecule has 0 aromatic carbocycles. The van der Waals surface area contributed by atoms with Crippen LogP contribution in [0.5, 0.6) is 0 Å². The van der Waals surface area contributed by atoms with Crippen molar-refractivity contribution >= 4 is 5.97 Å². The van der Waals surface area contributed by atoms with Gasteiger partial charge < -0.3 is 14.4 Å². The van der Waals surface area contributed by atoms with E-state index >= 15 is 0 Å². The van der Waals surface area contributed by atoms with E-state index in [0.29, 0.717) is 32.9 Å². The van der Waals surface area contributed by atoms with E-state index in [0.717, 1.165) is 0 Å². The summed E-state index contributed by atoms with van der Waals surface area (Å²) in [6, 6.07) is 0. The lowest BCUT2D eigenvalue weighted by Gasteiger charge is -2.30. The second kappa shape index (κ2) is 7.54. The minimum atomic E-state index is -4.86. The largest absolute Gasteiger partial charge is 0.450 e. The number of likely N-dealkylation sites (tertiary alicyclic amines) is 1. The summed E-state index contributed by atoms with van der Waals surface area (Å²) < 4.78 is 72.8. The molecule has 0 saturated carbocycles. The summed E-state index contributed by atoms with van der Waals surface area (Å²) in [6.07, 6.45) is -7.99. The molecule has 9 heteroatoms. The first kappa shape index (κ1) is 19.1. The van der Waals surface area contributed by atoms with E-state index in [4.69, 9.17) is 4.74 Å². The number of hydrogen-bond acceptors (Lipinski definition) is 4. The van der Waals surface area contributed by atoms with Crippen LogP contribution >= 0.6 is 0 Å². The Morgan fingerprint density at radius 2 is 1.77 bits per heavy atom. The lowest BCUT2D eigenvalue weighted by molar-refractivity contribution is -0.238. The number of esters is 1. The Labute approximate surface area is 125 Å². The van der Waals surface area contributed by atoms with Crippen LogP contribution in [0.1, 0.15) is 26.2 Å². The van der Waals surface area contributed by atoms with E-state index in [1.54, 1.807) is 0 Å². The molecule has 1 aliphatic rings. The molecular formula is C13H20F5NO3. The van der Waals surface area contributed by atoms with E-state index in [2.05, 4.69) is 4.74 Å². The van der Waals surface area contributed by atoms with E-state index in [1.807, 2.05) is 11.9 Å². The molecule has 0 aromatic heterocycles. The van der Waals surface area contributed by atoms with Crippen LogP contribution in [0.25, 0.3) is 0 Å². The first-order valence-electron chi connectivity index (χ1n) is 6.91. The highest BCUT2D eigenvalue weighted by Crippen LogP contribution is 2.26. The number of rotatable bonds is 6. The summed E-state index contributed by atoms with van der Waals surface area (Å²) in [5.41, 5.74) is 0. The first-order chi connectivity index (χ1) is 9.97. The minimum Gasteiger partial charge on any atom is -0.450 e.